The number of benzene rings is 1. The third-order valence-corrected chi connectivity index (χ3v) is 7.35. The zero-order valence-electron chi connectivity index (χ0n) is 17.1. The third kappa shape index (κ3) is 4.35. The first-order chi connectivity index (χ1) is 14.9. The maximum Gasteiger partial charge on any atom is 0.272 e. The Kier molecular flexibility index (Phi) is 5.84. The van der Waals surface area contributed by atoms with Crippen molar-refractivity contribution in [2.75, 3.05) is 31.9 Å². The van der Waals surface area contributed by atoms with Crippen molar-refractivity contribution in [2.24, 2.45) is 0 Å². The van der Waals surface area contributed by atoms with Gasteiger partial charge in [0, 0.05) is 55.4 Å². The number of piperazine rings is 1. The van der Waals surface area contributed by atoms with Crippen LogP contribution in [0.2, 0.25) is 0 Å². The van der Waals surface area contributed by atoms with E-state index in [-0.39, 0.29) is 17.2 Å². The number of hydrogen-bond acceptors (Lipinski definition) is 6. The Morgan fingerprint density at radius 2 is 1.81 bits per heavy atom. The molecule has 1 amide bonds. The summed E-state index contributed by atoms with van der Waals surface area (Å²) in [5, 5.41) is 7.98. The Labute approximate surface area is 179 Å². The van der Waals surface area contributed by atoms with Gasteiger partial charge in [0.15, 0.2) is 0 Å². The van der Waals surface area contributed by atoms with Gasteiger partial charge in [0.2, 0.25) is 10.0 Å². The molecule has 0 radical (unpaired) electrons. The van der Waals surface area contributed by atoms with Crippen LogP contribution in [0.25, 0.3) is 10.8 Å². The van der Waals surface area contributed by atoms with E-state index in [0.717, 1.165) is 5.39 Å². The molecule has 9 nitrogen and oxygen atoms in total. The van der Waals surface area contributed by atoms with E-state index in [1.54, 1.807) is 42.3 Å². The predicted octanol–water partition coefficient (Wildman–Crippen LogP) is 1.02. The molecule has 0 bridgehead atoms. The molecule has 0 spiro atoms. The Balaban J connectivity index is 1.51. The highest BCUT2D eigenvalue weighted by molar-refractivity contribution is 7.89. The molecular weight excluding hydrogens is 418 g/mol. The summed E-state index contributed by atoms with van der Waals surface area (Å²) in [6, 6.07) is 10.6. The molecule has 162 valence electrons. The highest BCUT2D eigenvalue weighted by Gasteiger charge is 2.28. The summed E-state index contributed by atoms with van der Waals surface area (Å²) in [5.41, 5.74) is 1.57. The number of nitrogens with zero attached hydrogens (tertiary/aromatic N) is 4. The minimum Gasteiger partial charge on any atom is -0.336 e. The smallest absolute Gasteiger partial charge is 0.272 e. The Morgan fingerprint density at radius 1 is 1.10 bits per heavy atom. The fourth-order valence-corrected chi connectivity index (χ4v) is 4.80. The molecule has 0 unspecified atom stereocenters. The molecule has 31 heavy (non-hydrogen) atoms. The van der Waals surface area contributed by atoms with Crippen molar-refractivity contribution in [3.05, 3.63) is 69.9 Å². The van der Waals surface area contributed by atoms with E-state index < -0.39 is 10.0 Å². The van der Waals surface area contributed by atoms with Gasteiger partial charge in [-0.1, -0.05) is 18.2 Å². The van der Waals surface area contributed by atoms with Crippen LogP contribution in [-0.2, 0) is 16.4 Å². The summed E-state index contributed by atoms with van der Waals surface area (Å²) in [6.07, 6.45) is 1.94. The Hall–Kier alpha value is -3.11. The van der Waals surface area contributed by atoms with Gasteiger partial charge in [-0.25, -0.2) is 13.5 Å². The SMILES string of the molecule is CCS(=O)(=O)N1CCN(C(=O)c2ccnc(Cc3n[nH]c(=O)c4ccccc34)c2)CC1. The molecule has 1 aliphatic heterocycles. The van der Waals surface area contributed by atoms with E-state index in [1.165, 1.54) is 4.31 Å². The summed E-state index contributed by atoms with van der Waals surface area (Å²) in [6.45, 7) is 2.91. The molecule has 0 atom stereocenters. The molecule has 1 aromatic carbocycles. The zero-order valence-corrected chi connectivity index (χ0v) is 17.9. The van der Waals surface area contributed by atoms with Gasteiger partial charge < -0.3 is 4.90 Å². The second-order valence-corrected chi connectivity index (χ2v) is 9.61. The van der Waals surface area contributed by atoms with Gasteiger partial charge in [-0.2, -0.15) is 9.40 Å². The monoisotopic (exact) mass is 441 g/mol. The minimum absolute atomic E-state index is 0.0577. The first-order valence-electron chi connectivity index (χ1n) is 10.1. The highest BCUT2D eigenvalue weighted by atomic mass is 32.2. The van der Waals surface area contributed by atoms with E-state index in [9.17, 15) is 18.0 Å². The Bertz CT molecular complexity index is 1280. The minimum atomic E-state index is -3.24. The number of fused-ring (bicyclic) bond motifs is 1. The van der Waals surface area contributed by atoms with Gasteiger partial charge in [0.05, 0.1) is 16.8 Å². The number of pyridine rings is 1. The zero-order chi connectivity index (χ0) is 22.0. The number of aromatic nitrogens is 3. The number of rotatable bonds is 5. The van der Waals surface area contributed by atoms with Gasteiger partial charge in [-0.15, -0.1) is 0 Å². The molecule has 1 N–H and O–H groups in total. The topological polar surface area (TPSA) is 116 Å². The lowest BCUT2D eigenvalue weighted by atomic mass is 10.1. The molecule has 1 fully saturated rings. The molecule has 3 aromatic rings. The van der Waals surface area contributed by atoms with Gasteiger partial charge >= 0.3 is 0 Å². The van der Waals surface area contributed by atoms with Crippen LogP contribution in [0.15, 0.2) is 47.4 Å². The van der Waals surface area contributed by atoms with Gasteiger partial charge in [-0.3, -0.25) is 14.6 Å². The van der Waals surface area contributed by atoms with Crippen molar-refractivity contribution < 1.29 is 13.2 Å². The lowest BCUT2D eigenvalue weighted by molar-refractivity contribution is 0.0697. The maximum atomic E-state index is 13.0. The van der Waals surface area contributed by atoms with E-state index in [2.05, 4.69) is 15.2 Å². The fourth-order valence-electron chi connectivity index (χ4n) is 3.72. The van der Waals surface area contributed by atoms with E-state index in [0.29, 0.717) is 54.9 Å². The van der Waals surface area contributed by atoms with Gasteiger partial charge in [-0.05, 0) is 25.1 Å². The van der Waals surface area contributed by atoms with E-state index in [1.807, 2.05) is 12.1 Å². The quantitative estimate of drug-likeness (QED) is 0.632. The fraction of sp³-hybridized carbons (Fsp3) is 0.333. The van der Waals surface area contributed by atoms with Crippen LogP contribution >= 0.6 is 0 Å². The lowest BCUT2D eigenvalue weighted by Crippen LogP contribution is -2.50. The molecule has 10 heteroatoms. The van der Waals surface area contributed by atoms with Crippen LogP contribution in [-0.4, -0.2) is 70.6 Å². The van der Waals surface area contributed by atoms with Crippen LogP contribution in [0, 0.1) is 0 Å². The molecule has 4 rings (SSSR count). The van der Waals surface area contributed by atoms with Gasteiger partial charge in [0.25, 0.3) is 11.5 Å². The lowest BCUT2D eigenvalue weighted by Gasteiger charge is -2.33. The summed E-state index contributed by atoms with van der Waals surface area (Å²) in [7, 11) is -3.24. The van der Waals surface area contributed by atoms with Crippen molar-refractivity contribution >= 4 is 26.7 Å². The number of sulfonamides is 1. The number of amides is 1. The van der Waals surface area contributed by atoms with Crippen molar-refractivity contribution in [3.8, 4) is 0 Å². The van der Waals surface area contributed by atoms with Crippen molar-refractivity contribution in [1.82, 2.24) is 24.4 Å². The Morgan fingerprint density at radius 3 is 2.52 bits per heavy atom. The maximum absolute atomic E-state index is 13.0. The van der Waals surface area contributed by atoms with Crippen LogP contribution in [0.3, 0.4) is 0 Å². The third-order valence-electron chi connectivity index (χ3n) is 5.47. The first kappa shape index (κ1) is 21.1. The summed E-state index contributed by atoms with van der Waals surface area (Å²) < 4.78 is 25.5. The molecule has 0 saturated carbocycles. The van der Waals surface area contributed by atoms with Crippen LogP contribution in [0.4, 0.5) is 0 Å². The van der Waals surface area contributed by atoms with Crippen molar-refractivity contribution in [1.29, 1.82) is 0 Å². The van der Waals surface area contributed by atoms with Crippen LogP contribution < -0.4 is 5.56 Å². The second-order valence-electron chi connectivity index (χ2n) is 7.35. The molecule has 0 aliphatic carbocycles. The van der Waals surface area contributed by atoms with Crippen molar-refractivity contribution in [2.45, 2.75) is 13.3 Å². The van der Waals surface area contributed by atoms with E-state index in [4.69, 9.17) is 0 Å². The molecule has 2 aromatic heterocycles. The predicted molar refractivity (Wildman–Crippen MR) is 116 cm³/mol. The van der Waals surface area contributed by atoms with Gasteiger partial charge in [0.1, 0.15) is 0 Å². The average molecular weight is 442 g/mol. The van der Waals surface area contributed by atoms with E-state index >= 15 is 0 Å². The van der Waals surface area contributed by atoms with Crippen LogP contribution in [0.1, 0.15) is 28.7 Å². The number of H-pyrrole nitrogens is 1. The highest BCUT2D eigenvalue weighted by Crippen LogP contribution is 2.17. The van der Waals surface area contributed by atoms with Crippen molar-refractivity contribution in [3.63, 3.8) is 0 Å². The molecule has 1 aliphatic rings. The molecular formula is C21H23N5O4S. The first-order valence-corrected chi connectivity index (χ1v) is 11.7. The average Bonchev–Trinajstić information content (AvgIpc) is 2.81. The second kappa shape index (κ2) is 8.56. The number of aromatic amines is 1. The normalized spacial score (nSPS) is 15.3. The van der Waals surface area contributed by atoms with Crippen LogP contribution in [0.5, 0.6) is 0 Å². The number of carbonyl (C=O) groups is 1. The largest absolute Gasteiger partial charge is 0.336 e. The number of nitrogens with one attached hydrogen (secondary N) is 1. The molecule has 1 saturated heterocycles. The summed E-state index contributed by atoms with van der Waals surface area (Å²) in [5.74, 6) is -0.0984. The number of carbonyl (C=O) groups excluding carboxylic acids is 1. The summed E-state index contributed by atoms with van der Waals surface area (Å²) in [4.78, 5) is 31.0. The number of hydrogen-bond donors (Lipinski definition) is 1. The molecule has 3 heterocycles. The standard InChI is InChI=1S/C21H23N5O4S/c1-2-31(29,30)26-11-9-25(10-12-26)21(28)15-7-8-22-16(13-15)14-19-17-5-3-4-6-18(17)20(27)24-23-19/h3-8,13H,2,9-12,14H2,1H3,(H,24,27). The summed E-state index contributed by atoms with van der Waals surface area (Å²) >= 11 is 0.